The highest BCUT2D eigenvalue weighted by molar-refractivity contribution is 5.96. The van der Waals surface area contributed by atoms with Gasteiger partial charge in [0.2, 0.25) is 0 Å². The van der Waals surface area contributed by atoms with Crippen LogP contribution < -0.4 is 0 Å². The average Bonchev–Trinajstić information content (AvgIpc) is 3.36. The summed E-state index contributed by atoms with van der Waals surface area (Å²) in [4.78, 5) is 17.9. The predicted molar refractivity (Wildman–Crippen MR) is 111 cm³/mol. The first-order chi connectivity index (χ1) is 14.5. The van der Waals surface area contributed by atoms with Gasteiger partial charge in [-0.15, -0.1) is 0 Å². The number of aromatic nitrogens is 5. The van der Waals surface area contributed by atoms with Crippen molar-refractivity contribution < 1.29 is 9.18 Å². The molecule has 30 heavy (non-hydrogen) atoms. The highest BCUT2D eigenvalue weighted by Gasteiger charge is 2.36. The fraction of sp³-hybridized carbons (Fsp3) is 0.182. The third-order valence-corrected chi connectivity index (χ3v) is 5.47. The minimum absolute atomic E-state index is 0.0163. The fourth-order valence-electron chi connectivity index (χ4n) is 3.85. The number of aromatic amines is 1. The molecule has 1 aliphatic rings. The Labute approximate surface area is 171 Å². The van der Waals surface area contributed by atoms with E-state index < -0.39 is 11.7 Å². The van der Waals surface area contributed by atoms with Crippen LogP contribution in [0.4, 0.5) is 4.39 Å². The van der Waals surface area contributed by atoms with E-state index >= 15 is 0 Å². The third kappa shape index (κ3) is 2.88. The number of benzene rings is 1. The zero-order chi connectivity index (χ0) is 20.8. The summed E-state index contributed by atoms with van der Waals surface area (Å²) in [5.74, 6) is -1.62. The van der Waals surface area contributed by atoms with Gasteiger partial charge in [-0.1, -0.05) is 24.3 Å². The van der Waals surface area contributed by atoms with Gasteiger partial charge in [-0.3, -0.25) is 9.89 Å². The maximum absolute atomic E-state index is 13.2. The molecule has 8 heteroatoms. The van der Waals surface area contributed by atoms with Crippen molar-refractivity contribution in [3.05, 3.63) is 72.6 Å². The van der Waals surface area contributed by atoms with Crippen molar-refractivity contribution in [2.75, 3.05) is 13.1 Å². The van der Waals surface area contributed by atoms with Crippen molar-refractivity contribution in [2.45, 2.75) is 12.8 Å². The maximum atomic E-state index is 13.2. The quantitative estimate of drug-likeness (QED) is 0.530. The van der Waals surface area contributed by atoms with E-state index in [0.717, 1.165) is 39.1 Å². The first-order valence-corrected chi connectivity index (χ1v) is 9.60. The number of nitrogens with zero attached hydrogens (tertiary/aromatic N) is 5. The van der Waals surface area contributed by atoms with E-state index in [4.69, 9.17) is 5.10 Å². The number of nitrogens with one attached hydrogen (secondary N) is 1. The van der Waals surface area contributed by atoms with Crippen LogP contribution in [0.3, 0.4) is 0 Å². The summed E-state index contributed by atoms with van der Waals surface area (Å²) in [7, 11) is 0. The van der Waals surface area contributed by atoms with E-state index in [1.165, 1.54) is 4.90 Å². The molecule has 4 heterocycles. The number of amides is 1. The van der Waals surface area contributed by atoms with Gasteiger partial charge >= 0.3 is 0 Å². The summed E-state index contributed by atoms with van der Waals surface area (Å²) in [6.45, 7) is 5.92. The number of likely N-dealkylation sites (tertiary alicyclic amines) is 1. The molecule has 0 radical (unpaired) electrons. The zero-order valence-electron chi connectivity index (χ0n) is 16.3. The van der Waals surface area contributed by atoms with Gasteiger partial charge in [-0.05, 0) is 30.7 Å². The number of halogens is 1. The van der Waals surface area contributed by atoms with E-state index in [1.54, 1.807) is 12.4 Å². The number of rotatable bonds is 4. The van der Waals surface area contributed by atoms with Crippen molar-refractivity contribution >= 4 is 16.9 Å². The van der Waals surface area contributed by atoms with Crippen LogP contribution in [0, 0.1) is 6.92 Å². The lowest BCUT2D eigenvalue weighted by Gasteiger charge is -2.38. The summed E-state index contributed by atoms with van der Waals surface area (Å²) in [5, 5.41) is 12.7. The van der Waals surface area contributed by atoms with Crippen LogP contribution in [0.2, 0.25) is 0 Å². The Morgan fingerprint density at radius 2 is 2.00 bits per heavy atom. The molecule has 0 spiro atoms. The molecule has 0 atom stereocenters. The van der Waals surface area contributed by atoms with Gasteiger partial charge in [-0.2, -0.15) is 10.2 Å². The second kappa shape index (κ2) is 6.91. The van der Waals surface area contributed by atoms with E-state index in [2.05, 4.69) is 21.8 Å². The Bertz CT molecular complexity index is 1250. The monoisotopic (exact) mass is 402 g/mol. The van der Waals surface area contributed by atoms with Crippen molar-refractivity contribution in [1.82, 2.24) is 29.9 Å². The van der Waals surface area contributed by atoms with Crippen LogP contribution in [0.15, 0.2) is 61.3 Å². The fourth-order valence-corrected chi connectivity index (χ4v) is 3.85. The lowest BCUT2D eigenvalue weighted by molar-refractivity contribution is -0.133. The second-order valence-electron chi connectivity index (χ2n) is 7.49. The second-order valence-corrected chi connectivity index (χ2v) is 7.49. The standard InChI is InChI=1S/C22H19FN6O/c1-13-3-5-17(6-4-13)29-21-19(18(7-8-24-21)15-9-25-26-10-15)20(27-29)16-11-28(12-16)22(30)14(2)23/h3-10,16H,2,11-12H2,1H3,(H,25,26). The van der Waals surface area contributed by atoms with Crippen LogP contribution in [0.5, 0.6) is 0 Å². The van der Waals surface area contributed by atoms with E-state index in [1.807, 2.05) is 48.1 Å². The molecule has 4 aromatic rings. The summed E-state index contributed by atoms with van der Waals surface area (Å²) in [5.41, 5.74) is 5.51. The van der Waals surface area contributed by atoms with Crippen molar-refractivity contribution in [1.29, 1.82) is 0 Å². The molecule has 150 valence electrons. The van der Waals surface area contributed by atoms with Gasteiger partial charge in [0.1, 0.15) is 0 Å². The van der Waals surface area contributed by atoms with Gasteiger partial charge < -0.3 is 4.90 Å². The molecule has 1 amide bonds. The largest absolute Gasteiger partial charge is 0.335 e. The molecule has 0 unspecified atom stereocenters. The zero-order valence-corrected chi connectivity index (χ0v) is 16.3. The lowest BCUT2D eigenvalue weighted by atomic mass is 9.92. The Hall–Kier alpha value is -3.81. The highest BCUT2D eigenvalue weighted by atomic mass is 19.1. The number of aryl methyl sites for hydroxylation is 1. The number of hydrogen-bond acceptors (Lipinski definition) is 4. The Balaban J connectivity index is 1.65. The first-order valence-electron chi connectivity index (χ1n) is 9.60. The normalized spacial score (nSPS) is 14.1. The molecule has 3 aromatic heterocycles. The topological polar surface area (TPSA) is 79.7 Å². The molecule has 0 saturated carbocycles. The average molecular weight is 402 g/mol. The number of fused-ring (bicyclic) bond motifs is 1. The van der Waals surface area contributed by atoms with Crippen LogP contribution in [0.25, 0.3) is 27.8 Å². The van der Waals surface area contributed by atoms with Crippen LogP contribution in [0.1, 0.15) is 17.2 Å². The Morgan fingerprint density at radius 1 is 1.23 bits per heavy atom. The van der Waals surface area contributed by atoms with Crippen molar-refractivity contribution in [3.63, 3.8) is 0 Å². The minimum Gasteiger partial charge on any atom is -0.335 e. The van der Waals surface area contributed by atoms with E-state index in [0.29, 0.717) is 13.1 Å². The minimum atomic E-state index is -0.941. The smallest absolute Gasteiger partial charge is 0.282 e. The summed E-state index contributed by atoms with van der Waals surface area (Å²) < 4.78 is 15.1. The molecule has 1 fully saturated rings. The Morgan fingerprint density at radius 3 is 2.67 bits per heavy atom. The molecule has 1 saturated heterocycles. The number of hydrogen-bond donors (Lipinski definition) is 1. The van der Waals surface area contributed by atoms with Gasteiger partial charge in [-0.25, -0.2) is 14.1 Å². The molecular formula is C22H19FN6O. The Kier molecular flexibility index (Phi) is 4.20. The SMILES string of the molecule is C=C(F)C(=O)N1CC(c2nn(-c3ccc(C)cc3)c3nccc(-c4cn[nH]c4)c23)C1. The van der Waals surface area contributed by atoms with Gasteiger partial charge in [0.05, 0.1) is 23.0 Å². The van der Waals surface area contributed by atoms with Crippen LogP contribution in [-0.2, 0) is 4.79 Å². The summed E-state index contributed by atoms with van der Waals surface area (Å²) in [6.07, 6.45) is 5.33. The van der Waals surface area contributed by atoms with Crippen molar-refractivity contribution in [3.8, 4) is 16.8 Å². The molecule has 0 aliphatic carbocycles. The molecule has 5 rings (SSSR count). The summed E-state index contributed by atoms with van der Waals surface area (Å²) >= 11 is 0. The third-order valence-electron chi connectivity index (χ3n) is 5.47. The first kappa shape index (κ1) is 18.2. The summed E-state index contributed by atoms with van der Waals surface area (Å²) in [6, 6.07) is 9.99. The van der Waals surface area contributed by atoms with E-state index in [-0.39, 0.29) is 5.92 Å². The molecular weight excluding hydrogens is 383 g/mol. The van der Waals surface area contributed by atoms with Gasteiger partial charge in [0.25, 0.3) is 5.91 Å². The van der Waals surface area contributed by atoms with Gasteiger partial charge in [0.15, 0.2) is 11.5 Å². The maximum Gasteiger partial charge on any atom is 0.282 e. The molecule has 7 nitrogen and oxygen atoms in total. The number of carbonyl (C=O) groups is 1. The molecule has 1 aromatic carbocycles. The van der Waals surface area contributed by atoms with E-state index in [9.17, 15) is 9.18 Å². The number of carbonyl (C=O) groups excluding carboxylic acids is 1. The number of pyridine rings is 1. The highest BCUT2D eigenvalue weighted by Crippen LogP contribution is 2.37. The number of H-pyrrole nitrogens is 1. The molecule has 1 N–H and O–H groups in total. The molecule has 1 aliphatic heterocycles. The molecule has 0 bridgehead atoms. The van der Waals surface area contributed by atoms with Crippen LogP contribution in [-0.4, -0.2) is 48.9 Å². The van der Waals surface area contributed by atoms with Gasteiger partial charge in [0, 0.05) is 37.0 Å². The lowest BCUT2D eigenvalue weighted by Crippen LogP contribution is -2.48. The van der Waals surface area contributed by atoms with Crippen LogP contribution >= 0.6 is 0 Å². The van der Waals surface area contributed by atoms with Crippen molar-refractivity contribution in [2.24, 2.45) is 0 Å². The predicted octanol–water partition coefficient (Wildman–Crippen LogP) is 3.53.